The molecule has 14 heavy (non-hydrogen) atoms. The third-order valence-electron chi connectivity index (χ3n) is 2.88. The van der Waals surface area contributed by atoms with E-state index in [0.717, 1.165) is 51.9 Å². The average molecular weight is 198 g/mol. The fraction of sp³-hybridized carbons (Fsp3) is 0.900. The molecule has 0 radical (unpaired) electrons. The van der Waals surface area contributed by atoms with E-state index in [-0.39, 0.29) is 12.2 Å². The first-order valence-corrected chi connectivity index (χ1v) is 5.52. The molecule has 2 saturated heterocycles. The van der Waals surface area contributed by atoms with Gasteiger partial charge in [0, 0.05) is 19.6 Å². The molecule has 4 nitrogen and oxygen atoms in total. The molecule has 2 aliphatic rings. The number of likely N-dealkylation sites (tertiary alicyclic amines) is 1. The Labute approximate surface area is 84.6 Å². The lowest BCUT2D eigenvalue weighted by Crippen LogP contribution is -2.40. The number of amides is 1. The SMILES string of the molecule is O=C(OC1CCCNC1)N1CCCC1. The van der Waals surface area contributed by atoms with Crippen LogP contribution < -0.4 is 5.32 Å². The number of ether oxygens (including phenoxy) is 1. The molecule has 1 unspecified atom stereocenters. The zero-order valence-corrected chi connectivity index (χ0v) is 8.50. The quantitative estimate of drug-likeness (QED) is 0.682. The first-order chi connectivity index (χ1) is 6.86. The number of carbonyl (C=O) groups is 1. The summed E-state index contributed by atoms with van der Waals surface area (Å²) >= 11 is 0. The molecule has 2 rings (SSSR count). The van der Waals surface area contributed by atoms with Crippen LogP contribution in [0.15, 0.2) is 0 Å². The Balaban J connectivity index is 1.75. The second-order valence-corrected chi connectivity index (χ2v) is 4.05. The van der Waals surface area contributed by atoms with E-state index < -0.39 is 0 Å². The van der Waals surface area contributed by atoms with Gasteiger partial charge in [-0.25, -0.2) is 4.79 Å². The summed E-state index contributed by atoms with van der Waals surface area (Å²) in [5, 5.41) is 3.24. The number of nitrogens with zero attached hydrogens (tertiary/aromatic N) is 1. The Morgan fingerprint density at radius 2 is 2.07 bits per heavy atom. The van der Waals surface area contributed by atoms with Crippen LogP contribution in [0.1, 0.15) is 25.7 Å². The normalized spacial score (nSPS) is 27.7. The van der Waals surface area contributed by atoms with Crippen LogP contribution in [-0.2, 0) is 4.74 Å². The zero-order valence-electron chi connectivity index (χ0n) is 8.50. The first kappa shape index (κ1) is 9.77. The van der Waals surface area contributed by atoms with Crippen LogP contribution >= 0.6 is 0 Å². The van der Waals surface area contributed by atoms with Crippen LogP contribution in [0.5, 0.6) is 0 Å². The fourth-order valence-electron chi connectivity index (χ4n) is 2.04. The predicted octanol–water partition coefficient (Wildman–Crippen LogP) is 0.971. The second kappa shape index (κ2) is 4.64. The summed E-state index contributed by atoms with van der Waals surface area (Å²) in [7, 11) is 0. The Morgan fingerprint density at radius 3 is 2.71 bits per heavy atom. The Bertz CT molecular complexity index is 196. The lowest BCUT2D eigenvalue weighted by Gasteiger charge is -2.25. The van der Waals surface area contributed by atoms with Gasteiger partial charge in [-0.15, -0.1) is 0 Å². The lowest BCUT2D eigenvalue weighted by molar-refractivity contribution is 0.0569. The van der Waals surface area contributed by atoms with E-state index in [0.29, 0.717) is 0 Å². The van der Waals surface area contributed by atoms with Gasteiger partial charge in [-0.3, -0.25) is 0 Å². The van der Waals surface area contributed by atoms with Crippen molar-refractivity contribution in [3.05, 3.63) is 0 Å². The Kier molecular flexibility index (Phi) is 3.24. The van der Waals surface area contributed by atoms with Crippen LogP contribution in [0.25, 0.3) is 0 Å². The molecule has 0 aromatic rings. The van der Waals surface area contributed by atoms with Crippen molar-refractivity contribution < 1.29 is 9.53 Å². The smallest absolute Gasteiger partial charge is 0.410 e. The third kappa shape index (κ3) is 2.38. The molecule has 4 heteroatoms. The van der Waals surface area contributed by atoms with Gasteiger partial charge < -0.3 is 15.0 Å². The van der Waals surface area contributed by atoms with Gasteiger partial charge >= 0.3 is 6.09 Å². The fourth-order valence-corrected chi connectivity index (χ4v) is 2.04. The minimum Gasteiger partial charge on any atom is -0.445 e. The van der Waals surface area contributed by atoms with Crippen LogP contribution in [0.3, 0.4) is 0 Å². The maximum absolute atomic E-state index is 11.6. The van der Waals surface area contributed by atoms with E-state index in [9.17, 15) is 4.79 Å². The molecule has 2 heterocycles. The maximum Gasteiger partial charge on any atom is 0.410 e. The number of hydrogen-bond donors (Lipinski definition) is 1. The summed E-state index contributed by atoms with van der Waals surface area (Å²) < 4.78 is 5.40. The number of rotatable bonds is 1. The minimum atomic E-state index is -0.115. The molecular formula is C10H18N2O2. The van der Waals surface area contributed by atoms with Gasteiger partial charge in [-0.1, -0.05) is 0 Å². The molecule has 1 N–H and O–H groups in total. The molecule has 0 aromatic carbocycles. The van der Waals surface area contributed by atoms with E-state index in [1.807, 2.05) is 4.90 Å². The summed E-state index contributed by atoms with van der Waals surface area (Å²) in [6.45, 7) is 3.62. The standard InChI is InChI=1S/C10H18N2O2/c13-10(12-6-1-2-7-12)14-9-4-3-5-11-8-9/h9,11H,1-8H2. The van der Waals surface area contributed by atoms with E-state index in [1.54, 1.807) is 0 Å². The molecular weight excluding hydrogens is 180 g/mol. The number of hydrogen-bond acceptors (Lipinski definition) is 3. The lowest BCUT2D eigenvalue weighted by atomic mass is 10.1. The van der Waals surface area contributed by atoms with Crippen molar-refractivity contribution in [1.29, 1.82) is 0 Å². The van der Waals surface area contributed by atoms with E-state index >= 15 is 0 Å². The first-order valence-electron chi connectivity index (χ1n) is 5.52. The van der Waals surface area contributed by atoms with Crippen molar-refractivity contribution in [3.63, 3.8) is 0 Å². The molecule has 0 aromatic heterocycles. The topological polar surface area (TPSA) is 41.6 Å². The molecule has 1 atom stereocenters. The van der Waals surface area contributed by atoms with Gasteiger partial charge in [-0.05, 0) is 32.2 Å². The number of carbonyl (C=O) groups excluding carboxylic acids is 1. The largest absolute Gasteiger partial charge is 0.445 e. The molecule has 0 saturated carbocycles. The zero-order chi connectivity index (χ0) is 9.80. The minimum absolute atomic E-state index is 0.0943. The highest BCUT2D eigenvalue weighted by molar-refractivity contribution is 5.68. The molecule has 80 valence electrons. The van der Waals surface area contributed by atoms with Crippen LogP contribution in [-0.4, -0.2) is 43.3 Å². The molecule has 0 spiro atoms. The van der Waals surface area contributed by atoms with Gasteiger partial charge in [0.05, 0.1) is 0 Å². The van der Waals surface area contributed by atoms with Crippen LogP contribution in [0.4, 0.5) is 4.79 Å². The highest BCUT2D eigenvalue weighted by Crippen LogP contribution is 2.12. The van der Waals surface area contributed by atoms with Crippen LogP contribution in [0, 0.1) is 0 Å². The Morgan fingerprint density at radius 1 is 1.29 bits per heavy atom. The monoisotopic (exact) mass is 198 g/mol. The van der Waals surface area contributed by atoms with Crippen molar-refractivity contribution >= 4 is 6.09 Å². The van der Waals surface area contributed by atoms with Crippen molar-refractivity contribution in [3.8, 4) is 0 Å². The van der Waals surface area contributed by atoms with Crippen molar-refractivity contribution in [1.82, 2.24) is 10.2 Å². The molecule has 2 fully saturated rings. The molecule has 1 amide bonds. The van der Waals surface area contributed by atoms with Gasteiger partial charge in [0.15, 0.2) is 0 Å². The molecule has 2 aliphatic heterocycles. The summed E-state index contributed by atoms with van der Waals surface area (Å²) in [5.41, 5.74) is 0. The second-order valence-electron chi connectivity index (χ2n) is 4.05. The predicted molar refractivity (Wildman–Crippen MR) is 53.2 cm³/mol. The Hall–Kier alpha value is -0.770. The summed E-state index contributed by atoms with van der Waals surface area (Å²) in [5.74, 6) is 0. The summed E-state index contributed by atoms with van der Waals surface area (Å²) in [4.78, 5) is 13.4. The number of nitrogens with one attached hydrogen (secondary N) is 1. The summed E-state index contributed by atoms with van der Waals surface area (Å²) in [6, 6.07) is 0. The van der Waals surface area contributed by atoms with Gasteiger partial charge in [0.1, 0.15) is 6.10 Å². The number of piperidine rings is 1. The van der Waals surface area contributed by atoms with Gasteiger partial charge in [0.2, 0.25) is 0 Å². The maximum atomic E-state index is 11.6. The van der Waals surface area contributed by atoms with E-state index in [2.05, 4.69) is 5.32 Å². The molecule has 0 aliphatic carbocycles. The average Bonchev–Trinajstić information content (AvgIpc) is 2.72. The van der Waals surface area contributed by atoms with Crippen molar-refractivity contribution in [2.75, 3.05) is 26.2 Å². The van der Waals surface area contributed by atoms with Crippen molar-refractivity contribution in [2.24, 2.45) is 0 Å². The van der Waals surface area contributed by atoms with E-state index in [4.69, 9.17) is 4.74 Å². The third-order valence-corrected chi connectivity index (χ3v) is 2.88. The molecule has 0 bridgehead atoms. The van der Waals surface area contributed by atoms with Crippen LogP contribution in [0.2, 0.25) is 0 Å². The highest BCUT2D eigenvalue weighted by atomic mass is 16.6. The van der Waals surface area contributed by atoms with E-state index in [1.165, 1.54) is 0 Å². The van der Waals surface area contributed by atoms with Gasteiger partial charge in [-0.2, -0.15) is 0 Å². The van der Waals surface area contributed by atoms with Crippen molar-refractivity contribution in [2.45, 2.75) is 31.8 Å². The summed E-state index contributed by atoms with van der Waals surface area (Å²) in [6.07, 6.45) is 4.34. The highest BCUT2D eigenvalue weighted by Gasteiger charge is 2.23. The van der Waals surface area contributed by atoms with Gasteiger partial charge in [0.25, 0.3) is 0 Å².